The fourth-order valence-corrected chi connectivity index (χ4v) is 2.43. The van der Waals surface area contributed by atoms with Crippen molar-refractivity contribution in [3.8, 4) is 5.75 Å². The molecule has 2 aromatic carbocycles. The summed E-state index contributed by atoms with van der Waals surface area (Å²) in [6.07, 6.45) is 1.66. The SMILES string of the molecule is COc1ccc(N/C(=C\S(C)=O)c2ccc(C)cc2)cc1. The number of ether oxygens (including phenoxy) is 1. The predicted molar refractivity (Wildman–Crippen MR) is 89.8 cm³/mol. The van der Waals surface area contributed by atoms with Gasteiger partial charge in [-0.05, 0) is 36.8 Å². The number of hydrogen-bond acceptors (Lipinski definition) is 3. The van der Waals surface area contributed by atoms with Gasteiger partial charge in [-0.1, -0.05) is 29.8 Å². The summed E-state index contributed by atoms with van der Waals surface area (Å²) in [4.78, 5) is 0. The van der Waals surface area contributed by atoms with Gasteiger partial charge in [-0.2, -0.15) is 0 Å². The van der Waals surface area contributed by atoms with Crippen molar-refractivity contribution in [2.45, 2.75) is 6.92 Å². The topological polar surface area (TPSA) is 38.3 Å². The largest absolute Gasteiger partial charge is 0.497 e. The Morgan fingerprint density at radius 2 is 1.71 bits per heavy atom. The number of anilines is 1. The van der Waals surface area contributed by atoms with Crippen LogP contribution in [0.5, 0.6) is 5.75 Å². The molecule has 1 atom stereocenters. The molecule has 0 spiro atoms. The van der Waals surface area contributed by atoms with E-state index in [4.69, 9.17) is 4.74 Å². The first kappa shape index (κ1) is 15.3. The summed E-state index contributed by atoms with van der Waals surface area (Å²) in [5.74, 6) is 0.806. The van der Waals surface area contributed by atoms with Crippen molar-refractivity contribution in [1.29, 1.82) is 0 Å². The van der Waals surface area contributed by atoms with Crippen molar-refractivity contribution in [1.82, 2.24) is 0 Å². The van der Waals surface area contributed by atoms with Crippen LogP contribution in [0.15, 0.2) is 53.9 Å². The summed E-state index contributed by atoms with van der Waals surface area (Å²) in [6.45, 7) is 2.04. The summed E-state index contributed by atoms with van der Waals surface area (Å²) in [5.41, 5.74) is 3.96. The third-order valence-corrected chi connectivity index (χ3v) is 3.58. The second-order valence-electron chi connectivity index (χ2n) is 4.75. The van der Waals surface area contributed by atoms with Crippen molar-refractivity contribution in [2.24, 2.45) is 0 Å². The molecule has 0 saturated carbocycles. The molecule has 3 nitrogen and oxygen atoms in total. The summed E-state index contributed by atoms with van der Waals surface area (Å²) < 4.78 is 16.7. The number of hydrogen-bond donors (Lipinski definition) is 1. The molecule has 0 heterocycles. The average Bonchev–Trinajstić information content (AvgIpc) is 2.48. The molecule has 0 fully saturated rings. The summed E-state index contributed by atoms with van der Waals surface area (Å²) in [6, 6.07) is 15.7. The van der Waals surface area contributed by atoms with Crippen molar-refractivity contribution in [3.63, 3.8) is 0 Å². The first-order chi connectivity index (χ1) is 10.1. The van der Waals surface area contributed by atoms with E-state index < -0.39 is 10.8 Å². The van der Waals surface area contributed by atoms with E-state index in [-0.39, 0.29) is 0 Å². The van der Waals surface area contributed by atoms with Gasteiger partial charge in [0.05, 0.1) is 12.8 Å². The van der Waals surface area contributed by atoms with Crippen LogP contribution >= 0.6 is 0 Å². The lowest BCUT2D eigenvalue weighted by molar-refractivity contribution is 0.415. The van der Waals surface area contributed by atoms with Crippen LogP contribution in [0.1, 0.15) is 11.1 Å². The maximum atomic E-state index is 11.6. The molecule has 0 bridgehead atoms. The monoisotopic (exact) mass is 301 g/mol. The predicted octanol–water partition coefficient (Wildman–Crippen LogP) is 3.79. The summed E-state index contributed by atoms with van der Waals surface area (Å²) in [5, 5.41) is 5.03. The van der Waals surface area contributed by atoms with E-state index >= 15 is 0 Å². The molecule has 1 unspecified atom stereocenters. The normalized spacial score (nSPS) is 12.8. The minimum Gasteiger partial charge on any atom is -0.497 e. The molecule has 2 aromatic rings. The number of methoxy groups -OCH3 is 1. The smallest absolute Gasteiger partial charge is 0.119 e. The average molecular weight is 301 g/mol. The van der Waals surface area contributed by atoms with Crippen LogP contribution in [0.4, 0.5) is 5.69 Å². The van der Waals surface area contributed by atoms with Crippen molar-refractivity contribution >= 4 is 22.2 Å². The van der Waals surface area contributed by atoms with Gasteiger partial charge in [0, 0.05) is 28.2 Å². The Bertz CT molecular complexity index is 645. The van der Waals surface area contributed by atoms with Crippen LogP contribution in [0, 0.1) is 6.92 Å². The highest BCUT2D eigenvalue weighted by Crippen LogP contribution is 2.21. The number of rotatable bonds is 5. The molecule has 2 rings (SSSR count). The van der Waals surface area contributed by atoms with E-state index in [0.29, 0.717) is 0 Å². The Kier molecular flexibility index (Phi) is 5.17. The molecule has 0 aromatic heterocycles. The molecule has 0 aliphatic heterocycles. The maximum absolute atomic E-state index is 11.6. The molecule has 110 valence electrons. The van der Waals surface area contributed by atoms with Crippen molar-refractivity contribution < 1.29 is 8.95 Å². The van der Waals surface area contributed by atoms with Gasteiger partial charge >= 0.3 is 0 Å². The van der Waals surface area contributed by atoms with Crippen molar-refractivity contribution in [3.05, 3.63) is 65.1 Å². The van der Waals surface area contributed by atoms with Crippen LogP contribution in [-0.2, 0) is 10.8 Å². The third-order valence-electron chi connectivity index (χ3n) is 3.02. The molecular formula is C17H19NO2S. The molecule has 0 aliphatic carbocycles. The summed E-state index contributed by atoms with van der Waals surface area (Å²) in [7, 11) is 0.609. The Morgan fingerprint density at radius 1 is 1.10 bits per heavy atom. The number of aryl methyl sites for hydroxylation is 1. The standard InChI is InChI=1S/C17H19NO2S/c1-13-4-6-14(7-5-13)17(12-21(3)19)18-15-8-10-16(20-2)11-9-15/h4-12,18H,1-3H3/b17-12-. The highest BCUT2D eigenvalue weighted by Gasteiger charge is 2.04. The second-order valence-corrected chi connectivity index (χ2v) is 5.98. The lowest BCUT2D eigenvalue weighted by Crippen LogP contribution is -2.00. The number of benzene rings is 2. The van der Waals surface area contributed by atoms with Gasteiger partial charge in [0.2, 0.25) is 0 Å². The van der Waals surface area contributed by atoms with E-state index in [2.05, 4.69) is 5.32 Å². The Balaban J connectivity index is 2.28. The zero-order chi connectivity index (χ0) is 15.2. The van der Waals surface area contributed by atoms with E-state index in [0.717, 1.165) is 22.7 Å². The minimum atomic E-state index is -1.03. The highest BCUT2D eigenvalue weighted by atomic mass is 32.2. The van der Waals surface area contributed by atoms with E-state index in [9.17, 15) is 4.21 Å². The van der Waals surface area contributed by atoms with E-state index in [1.54, 1.807) is 18.8 Å². The van der Waals surface area contributed by atoms with E-state index in [1.807, 2.05) is 55.5 Å². The Morgan fingerprint density at radius 3 is 2.24 bits per heavy atom. The molecular weight excluding hydrogens is 282 g/mol. The second kappa shape index (κ2) is 7.09. The fourth-order valence-electron chi connectivity index (χ4n) is 1.90. The zero-order valence-corrected chi connectivity index (χ0v) is 13.2. The van der Waals surface area contributed by atoms with Crippen LogP contribution in [0.2, 0.25) is 0 Å². The minimum absolute atomic E-state index is 0.806. The molecule has 0 saturated heterocycles. The Labute approximate surface area is 128 Å². The molecule has 4 heteroatoms. The van der Waals surface area contributed by atoms with Gasteiger partial charge in [-0.15, -0.1) is 0 Å². The fraction of sp³-hybridized carbons (Fsp3) is 0.176. The van der Waals surface area contributed by atoms with Gasteiger partial charge in [-0.25, -0.2) is 0 Å². The van der Waals surface area contributed by atoms with Gasteiger partial charge < -0.3 is 10.1 Å². The molecule has 21 heavy (non-hydrogen) atoms. The van der Waals surface area contributed by atoms with Gasteiger partial charge in [0.15, 0.2) is 0 Å². The maximum Gasteiger partial charge on any atom is 0.119 e. The van der Waals surface area contributed by atoms with Gasteiger partial charge in [0.25, 0.3) is 0 Å². The zero-order valence-electron chi connectivity index (χ0n) is 12.4. The lowest BCUT2D eigenvalue weighted by atomic mass is 10.1. The number of nitrogens with one attached hydrogen (secondary N) is 1. The first-order valence-electron chi connectivity index (χ1n) is 6.60. The molecule has 0 aliphatic rings. The third kappa shape index (κ3) is 4.46. The lowest BCUT2D eigenvalue weighted by Gasteiger charge is -2.12. The van der Waals surface area contributed by atoms with Crippen LogP contribution in [0.25, 0.3) is 5.70 Å². The molecule has 1 N–H and O–H groups in total. The van der Waals surface area contributed by atoms with E-state index in [1.165, 1.54) is 5.56 Å². The van der Waals surface area contributed by atoms with Crippen LogP contribution in [-0.4, -0.2) is 17.6 Å². The summed E-state index contributed by atoms with van der Waals surface area (Å²) >= 11 is 0. The van der Waals surface area contributed by atoms with Gasteiger partial charge in [0.1, 0.15) is 5.75 Å². The van der Waals surface area contributed by atoms with Crippen LogP contribution in [0.3, 0.4) is 0 Å². The molecule has 0 radical (unpaired) electrons. The van der Waals surface area contributed by atoms with Crippen LogP contribution < -0.4 is 10.1 Å². The first-order valence-corrected chi connectivity index (χ1v) is 8.23. The van der Waals surface area contributed by atoms with Gasteiger partial charge in [-0.3, -0.25) is 4.21 Å². The molecule has 0 amide bonds. The highest BCUT2D eigenvalue weighted by molar-refractivity contribution is 7.87. The Hall–Kier alpha value is -2.07. The van der Waals surface area contributed by atoms with Crippen molar-refractivity contribution in [2.75, 3.05) is 18.7 Å². The quantitative estimate of drug-likeness (QED) is 0.913.